The van der Waals surface area contributed by atoms with Gasteiger partial charge in [-0.1, -0.05) is 12.1 Å². The molecule has 1 amide bonds. The number of pyridine rings is 1. The molecule has 3 heterocycles. The summed E-state index contributed by atoms with van der Waals surface area (Å²) in [4.78, 5) is 19.2. The number of aromatic amines is 1. The molecule has 6 nitrogen and oxygen atoms in total. The Hall–Kier alpha value is -2.99. The van der Waals surface area contributed by atoms with Crippen molar-refractivity contribution in [2.45, 2.75) is 25.5 Å². The third-order valence-electron chi connectivity index (χ3n) is 4.78. The number of H-pyrrole nitrogens is 1. The van der Waals surface area contributed by atoms with Crippen molar-refractivity contribution in [2.75, 3.05) is 13.2 Å². The Balaban J connectivity index is 1.58. The summed E-state index contributed by atoms with van der Waals surface area (Å²) in [5.74, 6) is 0.00341. The summed E-state index contributed by atoms with van der Waals surface area (Å²) >= 11 is 0. The molecule has 1 aromatic carbocycles. The molecule has 1 saturated heterocycles. The van der Waals surface area contributed by atoms with Crippen molar-refractivity contribution >= 4 is 5.91 Å². The average molecular weight is 362 g/mol. The summed E-state index contributed by atoms with van der Waals surface area (Å²) in [6, 6.07) is 13.4. The van der Waals surface area contributed by atoms with E-state index in [1.54, 1.807) is 18.6 Å². The molecule has 1 atom stereocenters. The standard InChI is InChI=1S/C21H22N4O2/c26-21(18-4-1-3-17(13-18)20-8-11-23-24-20)25(15-19-5-2-12-27-19)14-16-6-9-22-10-7-16/h1,3-4,6-11,13,19H,2,5,12,14-15H2,(H,23,24)/t19-/m1/s1. The molecule has 4 rings (SSSR count). The molecule has 138 valence electrons. The largest absolute Gasteiger partial charge is 0.376 e. The van der Waals surface area contributed by atoms with Crippen LogP contribution < -0.4 is 0 Å². The Morgan fingerprint density at radius 3 is 2.81 bits per heavy atom. The minimum Gasteiger partial charge on any atom is -0.376 e. The number of nitrogens with zero attached hydrogens (tertiary/aromatic N) is 3. The van der Waals surface area contributed by atoms with Gasteiger partial charge in [0.05, 0.1) is 11.8 Å². The van der Waals surface area contributed by atoms with E-state index in [9.17, 15) is 4.79 Å². The fraction of sp³-hybridized carbons (Fsp3) is 0.286. The molecule has 1 N–H and O–H groups in total. The molecular weight excluding hydrogens is 340 g/mol. The van der Waals surface area contributed by atoms with Crippen LogP contribution in [-0.4, -0.2) is 45.2 Å². The van der Waals surface area contributed by atoms with Gasteiger partial charge in [-0.2, -0.15) is 5.10 Å². The van der Waals surface area contributed by atoms with Crippen molar-refractivity contribution in [1.82, 2.24) is 20.1 Å². The molecule has 0 aliphatic carbocycles. The first-order valence-corrected chi connectivity index (χ1v) is 9.19. The van der Waals surface area contributed by atoms with E-state index >= 15 is 0 Å². The molecule has 0 saturated carbocycles. The highest BCUT2D eigenvalue weighted by atomic mass is 16.5. The first kappa shape index (κ1) is 17.4. The SMILES string of the molecule is O=C(c1cccc(-c2ccn[nH]2)c1)N(Cc1ccncc1)C[C@H]1CCCO1. The molecule has 3 aromatic rings. The molecule has 1 fully saturated rings. The fourth-order valence-corrected chi connectivity index (χ4v) is 3.38. The summed E-state index contributed by atoms with van der Waals surface area (Å²) in [5.41, 5.74) is 3.55. The van der Waals surface area contributed by atoms with Crippen molar-refractivity contribution in [3.63, 3.8) is 0 Å². The van der Waals surface area contributed by atoms with Crippen LogP contribution in [0.25, 0.3) is 11.3 Å². The fourth-order valence-electron chi connectivity index (χ4n) is 3.38. The van der Waals surface area contributed by atoms with Gasteiger partial charge in [0.15, 0.2) is 0 Å². The van der Waals surface area contributed by atoms with Gasteiger partial charge in [0, 0.05) is 49.4 Å². The highest BCUT2D eigenvalue weighted by Gasteiger charge is 2.24. The topological polar surface area (TPSA) is 71.1 Å². The van der Waals surface area contributed by atoms with E-state index in [1.165, 1.54) is 0 Å². The monoisotopic (exact) mass is 362 g/mol. The Bertz CT molecular complexity index is 874. The van der Waals surface area contributed by atoms with Crippen LogP contribution in [0.5, 0.6) is 0 Å². The lowest BCUT2D eigenvalue weighted by molar-refractivity contribution is 0.0507. The van der Waals surface area contributed by atoms with Crippen molar-refractivity contribution in [2.24, 2.45) is 0 Å². The van der Waals surface area contributed by atoms with Crippen molar-refractivity contribution in [3.05, 3.63) is 72.2 Å². The third kappa shape index (κ3) is 4.23. The lowest BCUT2D eigenvalue weighted by atomic mass is 10.1. The number of carbonyl (C=O) groups excluding carboxylic acids is 1. The van der Waals surface area contributed by atoms with E-state index in [0.717, 1.165) is 36.3 Å². The van der Waals surface area contributed by atoms with Gasteiger partial charge in [-0.25, -0.2) is 0 Å². The second-order valence-electron chi connectivity index (χ2n) is 6.73. The van der Waals surface area contributed by atoms with Crippen molar-refractivity contribution in [1.29, 1.82) is 0 Å². The zero-order valence-electron chi connectivity index (χ0n) is 15.0. The quantitative estimate of drug-likeness (QED) is 0.730. The van der Waals surface area contributed by atoms with E-state index in [4.69, 9.17) is 4.74 Å². The minimum absolute atomic E-state index is 0.00341. The van der Waals surface area contributed by atoms with Crippen LogP contribution in [-0.2, 0) is 11.3 Å². The Kier molecular flexibility index (Phi) is 5.25. The summed E-state index contributed by atoms with van der Waals surface area (Å²) in [5, 5.41) is 6.94. The predicted molar refractivity (Wildman–Crippen MR) is 102 cm³/mol. The highest BCUT2D eigenvalue weighted by Crippen LogP contribution is 2.21. The molecular formula is C21H22N4O2. The van der Waals surface area contributed by atoms with E-state index in [0.29, 0.717) is 18.7 Å². The lowest BCUT2D eigenvalue weighted by Crippen LogP contribution is -2.37. The summed E-state index contributed by atoms with van der Waals surface area (Å²) in [6.07, 6.45) is 7.36. The van der Waals surface area contributed by atoms with Crippen LogP contribution in [0.3, 0.4) is 0 Å². The van der Waals surface area contributed by atoms with Crippen molar-refractivity contribution in [3.8, 4) is 11.3 Å². The number of benzene rings is 1. The summed E-state index contributed by atoms with van der Waals surface area (Å²) < 4.78 is 5.77. The first-order chi connectivity index (χ1) is 13.3. The summed E-state index contributed by atoms with van der Waals surface area (Å²) in [6.45, 7) is 1.90. The molecule has 1 aliphatic rings. The van der Waals surface area contributed by atoms with Gasteiger partial charge in [-0.15, -0.1) is 0 Å². The van der Waals surface area contributed by atoms with Gasteiger partial charge in [0.2, 0.25) is 0 Å². The zero-order chi connectivity index (χ0) is 18.5. The molecule has 1 aliphatic heterocycles. The maximum absolute atomic E-state index is 13.3. The number of nitrogens with one attached hydrogen (secondary N) is 1. The Morgan fingerprint density at radius 1 is 1.19 bits per heavy atom. The average Bonchev–Trinajstić information content (AvgIpc) is 3.42. The molecule has 0 spiro atoms. The number of rotatable bonds is 6. The minimum atomic E-state index is 0.00341. The molecule has 2 aromatic heterocycles. The van der Waals surface area contributed by atoms with E-state index in [2.05, 4.69) is 15.2 Å². The van der Waals surface area contributed by atoms with E-state index < -0.39 is 0 Å². The zero-order valence-corrected chi connectivity index (χ0v) is 15.0. The smallest absolute Gasteiger partial charge is 0.254 e. The molecule has 6 heteroatoms. The summed E-state index contributed by atoms with van der Waals surface area (Å²) in [7, 11) is 0. The molecule has 27 heavy (non-hydrogen) atoms. The second kappa shape index (κ2) is 8.14. The van der Waals surface area contributed by atoms with Gasteiger partial charge >= 0.3 is 0 Å². The molecule has 0 unspecified atom stereocenters. The van der Waals surface area contributed by atoms with Crippen molar-refractivity contribution < 1.29 is 9.53 Å². The maximum atomic E-state index is 13.3. The van der Waals surface area contributed by atoms with Gasteiger partial charge in [0.25, 0.3) is 5.91 Å². The highest BCUT2D eigenvalue weighted by molar-refractivity contribution is 5.95. The Labute approximate surface area is 158 Å². The van der Waals surface area contributed by atoms with E-state index in [-0.39, 0.29) is 12.0 Å². The number of carbonyl (C=O) groups is 1. The van der Waals surface area contributed by atoms with Gasteiger partial charge < -0.3 is 9.64 Å². The Morgan fingerprint density at radius 2 is 2.07 bits per heavy atom. The maximum Gasteiger partial charge on any atom is 0.254 e. The lowest BCUT2D eigenvalue weighted by Gasteiger charge is -2.26. The number of hydrogen-bond donors (Lipinski definition) is 1. The predicted octanol–water partition coefficient (Wildman–Crippen LogP) is 3.29. The second-order valence-corrected chi connectivity index (χ2v) is 6.73. The van der Waals surface area contributed by atoms with Crippen LogP contribution in [0, 0.1) is 0 Å². The van der Waals surface area contributed by atoms with Crippen LogP contribution >= 0.6 is 0 Å². The van der Waals surface area contributed by atoms with Gasteiger partial charge in [-0.3, -0.25) is 14.9 Å². The number of amides is 1. The van der Waals surface area contributed by atoms with Gasteiger partial charge in [-0.05, 0) is 48.7 Å². The third-order valence-corrected chi connectivity index (χ3v) is 4.78. The van der Waals surface area contributed by atoms with Crippen LogP contribution in [0.4, 0.5) is 0 Å². The van der Waals surface area contributed by atoms with E-state index in [1.807, 2.05) is 47.4 Å². The number of hydrogen-bond acceptors (Lipinski definition) is 4. The van der Waals surface area contributed by atoms with Crippen LogP contribution in [0.1, 0.15) is 28.8 Å². The molecule has 0 bridgehead atoms. The van der Waals surface area contributed by atoms with Crippen LogP contribution in [0.15, 0.2) is 61.1 Å². The number of ether oxygens (including phenoxy) is 1. The van der Waals surface area contributed by atoms with Crippen LogP contribution in [0.2, 0.25) is 0 Å². The first-order valence-electron chi connectivity index (χ1n) is 9.19. The number of aromatic nitrogens is 3. The molecule has 0 radical (unpaired) electrons. The normalized spacial score (nSPS) is 16.4. The van der Waals surface area contributed by atoms with Gasteiger partial charge in [0.1, 0.15) is 0 Å².